The van der Waals surface area contributed by atoms with Crippen LogP contribution < -0.4 is 0 Å². The van der Waals surface area contributed by atoms with Crippen molar-refractivity contribution in [2.75, 3.05) is 16.6 Å². The Morgan fingerprint density at radius 1 is 1.50 bits per heavy atom. The summed E-state index contributed by atoms with van der Waals surface area (Å²) < 4.78 is 10.6. The van der Waals surface area contributed by atoms with E-state index in [1.54, 1.807) is 11.8 Å². The van der Waals surface area contributed by atoms with Gasteiger partial charge in [0.1, 0.15) is 0 Å². The first-order valence-corrected chi connectivity index (χ1v) is 4.96. The van der Waals surface area contributed by atoms with E-state index in [2.05, 4.69) is 0 Å². The van der Waals surface area contributed by atoms with E-state index in [-0.39, 0.29) is 8.41 Å². The van der Waals surface area contributed by atoms with Crippen LogP contribution in [0.5, 0.6) is 0 Å². The van der Waals surface area contributed by atoms with E-state index in [1.165, 1.54) is 5.75 Å². The van der Waals surface area contributed by atoms with Gasteiger partial charge in [-0.2, -0.15) is 0 Å². The molecule has 1 saturated heterocycles. The van der Waals surface area contributed by atoms with Crippen LogP contribution >= 0.6 is 11.8 Å². The molecule has 1 aliphatic rings. The van der Waals surface area contributed by atoms with Gasteiger partial charge in [0.15, 0.2) is 0 Å². The predicted molar refractivity (Wildman–Crippen MR) is 40.7 cm³/mol. The van der Waals surface area contributed by atoms with Crippen LogP contribution in [0.1, 0.15) is 6.42 Å². The van der Waals surface area contributed by atoms with Gasteiger partial charge in [-0.3, -0.25) is 4.21 Å². The third-order valence-corrected chi connectivity index (χ3v) is 3.92. The van der Waals surface area contributed by atoms with Crippen molar-refractivity contribution < 1.29 is 4.21 Å². The first-order chi connectivity index (χ1) is 3.39. The first-order valence-electron chi connectivity index (χ1n) is 2.32. The fourth-order valence-corrected chi connectivity index (χ4v) is 3.22. The molecule has 1 nitrogen and oxygen atoms in total. The fraction of sp³-hybridized carbons (Fsp3) is 1.00. The zero-order chi connectivity index (χ0) is 5.11. The normalized spacial score (nSPS) is 28.8. The quantitative estimate of drug-likeness (QED) is 0.462. The summed E-state index contributed by atoms with van der Waals surface area (Å²) in [6.45, 7) is 0. The van der Waals surface area contributed by atoms with E-state index < -0.39 is 10.8 Å². The van der Waals surface area contributed by atoms with Crippen LogP contribution in [0, 0.1) is 0 Å². The Hall–Kier alpha value is 0.565. The molecule has 0 aliphatic carbocycles. The minimum absolute atomic E-state index is 0. The lowest BCUT2D eigenvalue weighted by Gasteiger charge is -2.06. The second kappa shape index (κ2) is 4.44. The summed E-state index contributed by atoms with van der Waals surface area (Å²) in [5.41, 5.74) is 0. The summed E-state index contributed by atoms with van der Waals surface area (Å²) in [7, 11) is -0.477. The monoisotopic (exact) mass is 147 g/mol. The van der Waals surface area contributed by atoms with E-state index in [9.17, 15) is 4.21 Å². The first kappa shape index (κ1) is 8.56. The van der Waals surface area contributed by atoms with Crippen molar-refractivity contribution in [2.24, 2.45) is 0 Å². The van der Waals surface area contributed by atoms with Crippen LogP contribution in [-0.2, 0) is 10.8 Å². The second-order valence-electron chi connectivity index (χ2n) is 1.52. The molecule has 1 unspecified atom stereocenters. The lowest BCUT2D eigenvalue weighted by Crippen LogP contribution is -2.07. The summed E-state index contributed by atoms with van der Waals surface area (Å²) in [5, 5.41) is 0.875. The molecule has 0 bridgehead atoms. The fourth-order valence-electron chi connectivity index (χ4n) is 0.533. The summed E-state index contributed by atoms with van der Waals surface area (Å²) in [5.74, 6) is 2.15. The van der Waals surface area contributed by atoms with Crippen LogP contribution in [0.2, 0.25) is 0 Å². The molecule has 0 aromatic carbocycles. The highest BCUT2D eigenvalue weighted by Crippen LogP contribution is 2.11. The summed E-state index contributed by atoms with van der Waals surface area (Å²) in [6, 6.07) is 0. The molecule has 3 radical (unpaired) electrons. The Kier molecular flexibility index (Phi) is 4.76. The largest absolute Gasteiger partial charge is 0.259 e. The zero-order valence-corrected chi connectivity index (χ0v) is 6.26. The average Bonchev–Trinajstić information content (AvgIpc) is 1.69. The molecule has 8 heavy (non-hydrogen) atoms. The van der Waals surface area contributed by atoms with Crippen LogP contribution in [0.4, 0.5) is 0 Å². The average molecular weight is 147 g/mol. The Balaban J connectivity index is 0.000000490. The topological polar surface area (TPSA) is 17.1 Å². The highest BCUT2D eigenvalue weighted by Gasteiger charge is 2.04. The molecule has 0 amide bonds. The van der Waals surface area contributed by atoms with Crippen LogP contribution in [-0.4, -0.2) is 29.2 Å². The maximum absolute atomic E-state index is 10.6. The van der Waals surface area contributed by atoms with E-state index in [4.69, 9.17) is 0 Å². The number of thioether (sulfide) groups is 1. The molecule has 0 aromatic heterocycles. The zero-order valence-electron chi connectivity index (χ0n) is 4.63. The van der Waals surface area contributed by atoms with Gasteiger partial charge < -0.3 is 0 Å². The summed E-state index contributed by atoms with van der Waals surface area (Å²) in [6.07, 6.45) is 1.15. The highest BCUT2D eigenvalue weighted by molar-refractivity contribution is 8.10. The molecule has 1 heterocycles. The van der Waals surface area contributed by atoms with Crippen molar-refractivity contribution in [2.45, 2.75) is 6.42 Å². The van der Waals surface area contributed by atoms with Crippen molar-refractivity contribution in [3.63, 3.8) is 0 Å². The highest BCUT2D eigenvalue weighted by atomic mass is 32.2. The van der Waals surface area contributed by atoms with Crippen LogP contribution in [0.15, 0.2) is 0 Å². The summed E-state index contributed by atoms with van der Waals surface area (Å²) >= 11 is 1.80. The van der Waals surface area contributed by atoms with Crippen molar-refractivity contribution >= 4 is 31.0 Å². The lowest BCUT2D eigenvalue weighted by atomic mass is 10.6. The lowest BCUT2D eigenvalue weighted by molar-refractivity contribution is 0.684. The standard InChI is InChI=1S/C4H8OS2.B/c5-7-3-1-2-6-4-7;/h1-4H2;. The molecule has 1 rings (SSSR count). The van der Waals surface area contributed by atoms with Gasteiger partial charge in [0.2, 0.25) is 0 Å². The van der Waals surface area contributed by atoms with Gasteiger partial charge in [0.25, 0.3) is 0 Å². The van der Waals surface area contributed by atoms with Crippen molar-refractivity contribution in [1.82, 2.24) is 0 Å². The Bertz CT molecular complexity index is 78.1. The van der Waals surface area contributed by atoms with Gasteiger partial charge in [-0.25, -0.2) is 0 Å². The molecular weight excluding hydrogens is 139 g/mol. The second-order valence-corrected chi connectivity index (χ2v) is 4.57. The van der Waals surface area contributed by atoms with Gasteiger partial charge in [0, 0.05) is 25.0 Å². The SMILES string of the molecule is O=S1CCCSC1.[B]. The molecule has 0 N–H and O–H groups in total. The Labute approximate surface area is 58.6 Å². The van der Waals surface area contributed by atoms with E-state index >= 15 is 0 Å². The number of rotatable bonds is 0. The molecule has 45 valence electrons. The maximum atomic E-state index is 10.6. The van der Waals surface area contributed by atoms with Crippen molar-refractivity contribution in [3.05, 3.63) is 0 Å². The van der Waals surface area contributed by atoms with Gasteiger partial charge in [-0.1, -0.05) is 0 Å². The van der Waals surface area contributed by atoms with Crippen molar-refractivity contribution in [3.8, 4) is 0 Å². The molecule has 0 aromatic rings. The van der Waals surface area contributed by atoms with Gasteiger partial charge >= 0.3 is 0 Å². The van der Waals surface area contributed by atoms with Crippen molar-refractivity contribution in [1.29, 1.82) is 0 Å². The number of hydrogen-bond donors (Lipinski definition) is 0. The van der Waals surface area contributed by atoms with Gasteiger partial charge in [-0.15, -0.1) is 11.8 Å². The number of hydrogen-bond acceptors (Lipinski definition) is 2. The third kappa shape index (κ3) is 2.77. The smallest absolute Gasteiger partial charge is 0.0692 e. The molecule has 1 aliphatic heterocycles. The predicted octanol–water partition coefficient (Wildman–Crippen LogP) is 0.449. The van der Waals surface area contributed by atoms with Crippen LogP contribution in [0.3, 0.4) is 0 Å². The minimum Gasteiger partial charge on any atom is -0.259 e. The summed E-state index contributed by atoms with van der Waals surface area (Å²) in [4.78, 5) is 0. The molecule has 1 atom stereocenters. The molecule has 0 spiro atoms. The minimum atomic E-state index is -0.477. The third-order valence-electron chi connectivity index (χ3n) is 0.875. The van der Waals surface area contributed by atoms with E-state index in [0.29, 0.717) is 0 Å². The molecular formula is C4H8BOS2. The maximum Gasteiger partial charge on any atom is 0.0692 e. The Morgan fingerprint density at radius 3 is 2.50 bits per heavy atom. The van der Waals surface area contributed by atoms with Gasteiger partial charge in [-0.05, 0) is 12.2 Å². The molecule has 4 heteroatoms. The van der Waals surface area contributed by atoms with E-state index in [1.807, 2.05) is 0 Å². The van der Waals surface area contributed by atoms with Crippen LogP contribution in [0.25, 0.3) is 0 Å². The molecule has 0 saturated carbocycles. The van der Waals surface area contributed by atoms with E-state index in [0.717, 1.165) is 17.3 Å². The van der Waals surface area contributed by atoms with Gasteiger partial charge in [0.05, 0.1) is 5.08 Å². The molecule has 1 fully saturated rings. The Morgan fingerprint density at radius 2 is 2.25 bits per heavy atom.